The van der Waals surface area contributed by atoms with Crippen molar-refractivity contribution in [1.29, 1.82) is 0 Å². The lowest BCUT2D eigenvalue weighted by Crippen LogP contribution is -2.72. The van der Waals surface area contributed by atoms with Gasteiger partial charge in [0.15, 0.2) is 0 Å². The first-order chi connectivity index (χ1) is 10.6. The Hall–Kier alpha value is -1.56. The molecule has 12 heteroatoms. The van der Waals surface area contributed by atoms with E-state index in [2.05, 4.69) is 24.1 Å². The van der Waals surface area contributed by atoms with Crippen molar-refractivity contribution in [2.24, 2.45) is 5.41 Å². The van der Waals surface area contributed by atoms with Crippen LogP contribution in [0, 0.1) is 5.41 Å². The summed E-state index contributed by atoms with van der Waals surface area (Å²) in [6.45, 7) is 9.74. The molecule has 2 heterocycles. The van der Waals surface area contributed by atoms with E-state index in [0.29, 0.717) is 5.41 Å². The average Bonchev–Trinajstić information content (AvgIpc) is 2.23. The Kier molecular flexibility index (Phi) is 7.49. The molecule has 2 fully saturated rings. The van der Waals surface area contributed by atoms with Gasteiger partial charge >= 0.3 is 24.3 Å². The number of alkyl halides is 6. The molecular formula is C12H18F6N2O4. The molecule has 2 aliphatic rings. The minimum atomic E-state index is -5.08. The van der Waals surface area contributed by atoms with E-state index >= 15 is 0 Å². The number of carbonyl (C=O) groups is 2. The first kappa shape index (κ1) is 22.4. The van der Waals surface area contributed by atoms with Crippen molar-refractivity contribution in [3.8, 4) is 0 Å². The van der Waals surface area contributed by atoms with Gasteiger partial charge in [-0.05, 0) is 13.8 Å². The number of nitrogens with zero attached hydrogens (tertiary/aromatic N) is 1. The van der Waals surface area contributed by atoms with Crippen LogP contribution in [-0.2, 0) is 9.59 Å². The topological polar surface area (TPSA) is 89.9 Å². The molecule has 0 aromatic heterocycles. The summed E-state index contributed by atoms with van der Waals surface area (Å²) in [5, 5.41) is 17.6. The van der Waals surface area contributed by atoms with Crippen molar-refractivity contribution >= 4 is 11.9 Å². The van der Waals surface area contributed by atoms with Crippen LogP contribution in [0.15, 0.2) is 0 Å². The second kappa shape index (κ2) is 8.01. The van der Waals surface area contributed by atoms with E-state index in [9.17, 15) is 26.3 Å². The van der Waals surface area contributed by atoms with Crippen molar-refractivity contribution in [2.45, 2.75) is 32.2 Å². The van der Waals surface area contributed by atoms with Crippen LogP contribution in [0.4, 0.5) is 26.3 Å². The van der Waals surface area contributed by atoms with Crippen molar-refractivity contribution in [1.82, 2.24) is 10.2 Å². The maximum atomic E-state index is 10.6. The summed E-state index contributed by atoms with van der Waals surface area (Å²) < 4.78 is 63.5. The van der Waals surface area contributed by atoms with Gasteiger partial charge < -0.3 is 15.5 Å². The Labute approximate surface area is 133 Å². The zero-order chi connectivity index (χ0) is 19.3. The van der Waals surface area contributed by atoms with Gasteiger partial charge in [-0.25, -0.2) is 9.59 Å². The summed E-state index contributed by atoms with van der Waals surface area (Å²) in [6.07, 6.45) is -10.2. The van der Waals surface area contributed by atoms with E-state index in [0.717, 1.165) is 6.04 Å². The molecule has 3 N–H and O–H groups in total. The smallest absolute Gasteiger partial charge is 0.475 e. The number of halogens is 6. The van der Waals surface area contributed by atoms with Crippen LogP contribution in [0.3, 0.4) is 0 Å². The molecule has 1 spiro atoms. The maximum absolute atomic E-state index is 10.6. The van der Waals surface area contributed by atoms with Gasteiger partial charge in [0, 0.05) is 37.6 Å². The van der Waals surface area contributed by atoms with Crippen LogP contribution in [0.25, 0.3) is 0 Å². The normalized spacial score (nSPS) is 19.2. The molecule has 6 nitrogen and oxygen atoms in total. The number of carboxylic acids is 2. The fraction of sp³-hybridized carbons (Fsp3) is 0.833. The van der Waals surface area contributed by atoms with Gasteiger partial charge in [-0.1, -0.05) is 0 Å². The van der Waals surface area contributed by atoms with Crippen LogP contribution < -0.4 is 5.32 Å². The minimum Gasteiger partial charge on any atom is -0.475 e. The van der Waals surface area contributed by atoms with E-state index in [4.69, 9.17) is 19.8 Å². The summed E-state index contributed by atoms with van der Waals surface area (Å²) >= 11 is 0. The first-order valence-corrected chi connectivity index (χ1v) is 6.66. The molecule has 2 rings (SSSR count). The molecule has 2 aliphatic heterocycles. The molecule has 0 unspecified atom stereocenters. The van der Waals surface area contributed by atoms with Crippen molar-refractivity contribution in [2.75, 3.05) is 26.2 Å². The molecule has 0 aliphatic carbocycles. The third-order valence-corrected chi connectivity index (χ3v) is 3.29. The summed E-state index contributed by atoms with van der Waals surface area (Å²) in [5.41, 5.74) is 0.713. The lowest BCUT2D eigenvalue weighted by Gasteiger charge is -2.57. The number of rotatable bonds is 1. The lowest BCUT2D eigenvalue weighted by atomic mass is 9.74. The molecule has 0 saturated carbocycles. The zero-order valence-electron chi connectivity index (χ0n) is 12.8. The van der Waals surface area contributed by atoms with Crippen LogP contribution in [-0.4, -0.2) is 71.6 Å². The fourth-order valence-electron chi connectivity index (χ4n) is 1.88. The highest BCUT2D eigenvalue weighted by molar-refractivity contribution is 5.73. The molecule has 0 radical (unpaired) electrons. The van der Waals surface area contributed by atoms with E-state index in [1.54, 1.807) is 0 Å². The molecule has 0 aromatic carbocycles. The number of carboxylic acid groups (broad SMARTS) is 2. The Morgan fingerprint density at radius 2 is 1.25 bits per heavy atom. The van der Waals surface area contributed by atoms with E-state index in [-0.39, 0.29) is 0 Å². The third-order valence-electron chi connectivity index (χ3n) is 3.29. The monoisotopic (exact) mass is 368 g/mol. The average molecular weight is 368 g/mol. The number of likely N-dealkylation sites (tertiary alicyclic amines) is 1. The number of hydrogen-bond donors (Lipinski definition) is 3. The maximum Gasteiger partial charge on any atom is 0.490 e. The lowest BCUT2D eigenvalue weighted by molar-refractivity contribution is -0.193. The SMILES string of the molecule is CC(C)N1CC2(CNC2)C1.O=C(O)C(F)(F)F.O=C(O)C(F)(F)F. The zero-order valence-corrected chi connectivity index (χ0v) is 12.8. The predicted octanol–water partition coefficient (Wildman–Crippen LogP) is 1.57. The minimum absolute atomic E-state index is 0.713. The van der Waals surface area contributed by atoms with E-state index in [1.165, 1.54) is 26.2 Å². The Bertz CT molecular complexity index is 414. The third kappa shape index (κ3) is 7.34. The summed E-state index contributed by atoms with van der Waals surface area (Å²) in [5.74, 6) is -5.51. The second-order valence-corrected chi connectivity index (χ2v) is 5.71. The molecule has 2 saturated heterocycles. The summed E-state index contributed by atoms with van der Waals surface area (Å²) in [4.78, 5) is 20.3. The molecule has 0 aromatic rings. The highest BCUT2D eigenvalue weighted by Gasteiger charge is 2.47. The van der Waals surface area contributed by atoms with E-state index < -0.39 is 24.3 Å². The molecule has 142 valence electrons. The number of nitrogens with one attached hydrogen (secondary N) is 1. The first-order valence-electron chi connectivity index (χ1n) is 6.66. The Morgan fingerprint density at radius 3 is 1.38 bits per heavy atom. The fourth-order valence-corrected chi connectivity index (χ4v) is 1.88. The van der Waals surface area contributed by atoms with Gasteiger partial charge in [-0.3, -0.25) is 4.90 Å². The van der Waals surface area contributed by atoms with Crippen LogP contribution >= 0.6 is 0 Å². The highest BCUT2D eigenvalue weighted by atomic mass is 19.4. The van der Waals surface area contributed by atoms with Crippen molar-refractivity contribution < 1.29 is 46.1 Å². The predicted molar refractivity (Wildman–Crippen MR) is 69.4 cm³/mol. The second-order valence-electron chi connectivity index (χ2n) is 5.71. The Morgan fingerprint density at radius 1 is 0.958 bits per heavy atom. The highest BCUT2D eigenvalue weighted by Crippen LogP contribution is 2.34. The van der Waals surface area contributed by atoms with Gasteiger partial charge in [0.25, 0.3) is 0 Å². The molecule has 0 bridgehead atoms. The van der Waals surface area contributed by atoms with Gasteiger partial charge in [0.1, 0.15) is 0 Å². The molecular weight excluding hydrogens is 350 g/mol. The number of hydrogen-bond acceptors (Lipinski definition) is 4. The van der Waals surface area contributed by atoms with Gasteiger partial charge in [-0.15, -0.1) is 0 Å². The number of aliphatic carboxylic acids is 2. The van der Waals surface area contributed by atoms with Gasteiger partial charge in [0.2, 0.25) is 0 Å². The van der Waals surface area contributed by atoms with Crippen LogP contribution in [0.2, 0.25) is 0 Å². The van der Waals surface area contributed by atoms with Gasteiger partial charge in [-0.2, -0.15) is 26.3 Å². The quantitative estimate of drug-likeness (QED) is 0.609. The molecule has 24 heavy (non-hydrogen) atoms. The summed E-state index contributed by atoms with van der Waals surface area (Å²) in [7, 11) is 0. The van der Waals surface area contributed by atoms with E-state index in [1.807, 2.05) is 0 Å². The van der Waals surface area contributed by atoms with Crippen molar-refractivity contribution in [3.05, 3.63) is 0 Å². The molecule has 0 atom stereocenters. The van der Waals surface area contributed by atoms with Crippen LogP contribution in [0.5, 0.6) is 0 Å². The summed E-state index contributed by atoms with van der Waals surface area (Å²) in [6, 6.07) is 0.756. The Balaban J connectivity index is 0.000000343. The largest absolute Gasteiger partial charge is 0.490 e. The van der Waals surface area contributed by atoms with Crippen LogP contribution in [0.1, 0.15) is 13.8 Å². The van der Waals surface area contributed by atoms with Gasteiger partial charge in [0.05, 0.1) is 0 Å². The standard InChI is InChI=1S/C8H16N2.2C2HF3O2/c1-7(2)10-5-8(6-10)3-9-4-8;2*3-2(4,5)1(6)7/h7,9H,3-6H2,1-2H3;2*(H,6,7). The van der Waals surface area contributed by atoms with Crippen molar-refractivity contribution in [3.63, 3.8) is 0 Å². The molecule has 0 amide bonds.